The van der Waals surface area contributed by atoms with Crippen LogP contribution in [0.25, 0.3) is 0 Å². The molecule has 0 fully saturated rings. The van der Waals surface area contributed by atoms with E-state index >= 15 is 0 Å². The van der Waals surface area contributed by atoms with Crippen LogP contribution in [0.5, 0.6) is 0 Å². The largest absolute Gasteiger partial charge is 1.00 e. The number of halogens is 4. The Hall–Kier alpha value is 2.86. The van der Waals surface area contributed by atoms with Gasteiger partial charge < -0.3 is 49.6 Å². The molecule has 0 aromatic carbocycles. The molecule has 6 atom stereocenters. The first-order valence-electron chi connectivity index (χ1n) is 23.8. The van der Waals surface area contributed by atoms with Gasteiger partial charge in [0.15, 0.2) is 0 Å². The maximum Gasteiger partial charge on any atom is 0.00472 e. The van der Waals surface area contributed by atoms with Gasteiger partial charge in [0.1, 0.15) is 0 Å². The van der Waals surface area contributed by atoms with E-state index in [9.17, 15) is 0 Å². The SMILES string of the molecule is CCCCCC(CC)SC(CC)CCCCC.CCCCCC(CC)SC(CC)CCCCC.CCCCCC(CC)SC(CC)CCCCC.[Cl-].[Cl-].[Cl-].[Cl-].[Ir]. The van der Waals surface area contributed by atoms with Crippen molar-refractivity contribution in [1.82, 2.24) is 0 Å². The summed E-state index contributed by atoms with van der Waals surface area (Å²) in [5.41, 5.74) is 0. The van der Waals surface area contributed by atoms with Gasteiger partial charge in [-0.25, -0.2) is 0 Å². The van der Waals surface area contributed by atoms with Crippen LogP contribution in [0.15, 0.2) is 0 Å². The van der Waals surface area contributed by atoms with Crippen LogP contribution in [0.3, 0.4) is 0 Å². The first-order chi connectivity index (χ1) is 24.8. The van der Waals surface area contributed by atoms with Gasteiger partial charge in [0, 0.05) is 51.6 Å². The molecule has 353 valence electrons. The zero-order valence-corrected chi connectivity index (χ0v) is 47.6. The van der Waals surface area contributed by atoms with E-state index in [0.717, 1.165) is 31.5 Å². The first kappa shape index (κ1) is 76.2. The van der Waals surface area contributed by atoms with E-state index in [0.29, 0.717) is 0 Å². The van der Waals surface area contributed by atoms with E-state index in [-0.39, 0.29) is 69.7 Å². The Morgan fingerprint density at radius 3 is 0.446 bits per heavy atom. The quantitative estimate of drug-likeness (QED) is 0.0605. The minimum atomic E-state index is 0. The van der Waals surface area contributed by atoms with Crippen LogP contribution in [0.1, 0.15) is 276 Å². The van der Waals surface area contributed by atoms with E-state index < -0.39 is 0 Å². The van der Waals surface area contributed by atoms with Crippen molar-refractivity contribution in [1.29, 1.82) is 0 Å². The van der Waals surface area contributed by atoms with E-state index in [1.54, 1.807) is 0 Å². The Balaban J connectivity index is -0.0000000985. The molecular weight excluding hydrogens is 1010 g/mol. The van der Waals surface area contributed by atoms with Crippen LogP contribution in [0, 0.1) is 0 Å². The maximum atomic E-state index is 2.36. The van der Waals surface area contributed by atoms with Gasteiger partial charge in [-0.05, 0) is 77.0 Å². The molecule has 56 heavy (non-hydrogen) atoms. The van der Waals surface area contributed by atoms with Crippen molar-refractivity contribution in [2.45, 2.75) is 307 Å². The molecule has 0 bridgehead atoms. The fourth-order valence-corrected chi connectivity index (χ4v) is 11.4. The number of unbranched alkanes of at least 4 members (excludes halogenated alkanes) is 12. The second-order valence-corrected chi connectivity index (χ2v) is 20.4. The molecule has 0 saturated heterocycles. The Bertz CT molecular complexity index is 494. The molecule has 0 aliphatic heterocycles. The average molecular weight is 1110 g/mol. The Kier molecular flexibility index (Phi) is 87.7. The van der Waals surface area contributed by atoms with Crippen molar-refractivity contribution in [3.63, 3.8) is 0 Å². The van der Waals surface area contributed by atoms with Crippen LogP contribution in [0.4, 0.5) is 0 Å². The Labute approximate surface area is 408 Å². The van der Waals surface area contributed by atoms with Gasteiger partial charge >= 0.3 is 0 Å². The van der Waals surface area contributed by atoms with Gasteiger partial charge in [-0.2, -0.15) is 35.3 Å². The van der Waals surface area contributed by atoms with Crippen LogP contribution in [-0.2, 0) is 20.1 Å². The maximum absolute atomic E-state index is 2.36. The molecule has 0 amide bonds. The molecule has 0 heterocycles. The molecule has 8 heteroatoms. The van der Waals surface area contributed by atoms with Gasteiger partial charge in [-0.15, -0.1) is 0 Å². The standard InChI is InChI=1S/3C16H34S.4ClH.Ir/c3*1-5-9-11-13-15(7-3)17-16(8-4)14-12-10-6-2;;;;;/h3*15-16H,5-14H2,1-4H3;4*1H;/p-4. The first-order valence-corrected chi connectivity index (χ1v) is 26.6. The van der Waals surface area contributed by atoms with Gasteiger partial charge in [-0.3, -0.25) is 0 Å². The summed E-state index contributed by atoms with van der Waals surface area (Å²) >= 11 is 6.87. The molecule has 6 unspecified atom stereocenters. The summed E-state index contributed by atoms with van der Waals surface area (Å²) in [4.78, 5) is 0. The normalized spacial score (nSPS) is 13.5. The van der Waals surface area contributed by atoms with Gasteiger partial charge in [0.2, 0.25) is 0 Å². The molecule has 0 nitrogen and oxygen atoms in total. The van der Waals surface area contributed by atoms with E-state index in [1.807, 2.05) is 0 Å². The summed E-state index contributed by atoms with van der Waals surface area (Å²) in [5.74, 6) is 0. The molecule has 0 aliphatic rings. The zero-order valence-electron chi connectivity index (χ0n) is 39.7. The third-order valence-corrected chi connectivity index (χ3v) is 16.4. The molecular formula is C48H102Cl4IrS3-4. The van der Waals surface area contributed by atoms with Crippen molar-refractivity contribution in [2.24, 2.45) is 0 Å². The van der Waals surface area contributed by atoms with Crippen molar-refractivity contribution in [3.05, 3.63) is 0 Å². The smallest absolute Gasteiger partial charge is 0.00472 e. The van der Waals surface area contributed by atoms with E-state index in [1.165, 1.54) is 193 Å². The summed E-state index contributed by atoms with van der Waals surface area (Å²) in [6.45, 7) is 28.0. The van der Waals surface area contributed by atoms with Gasteiger partial charge in [0.25, 0.3) is 0 Å². The van der Waals surface area contributed by atoms with Gasteiger partial charge in [-0.1, -0.05) is 199 Å². The van der Waals surface area contributed by atoms with Crippen molar-refractivity contribution >= 4 is 35.3 Å². The Morgan fingerprint density at radius 2 is 0.357 bits per heavy atom. The van der Waals surface area contributed by atoms with Crippen molar-refractivity contribution in [2.75, 3.05) is 0 Å². The van der Waals surface area contributed by atoms with E-state index in [2.05, 4.69) is 118 Å². The summed E-state index contributed by atoms with van der Waals surface area (Å²) in [7, 11) is 0. The summed E-state index contributed by atoms with van der Waals surface area (Å²) in [6, 6.07) is 0. The molecule has 0 aromatic heterocycles. The molecule has 0 N–H and O–H groups in total. The van der Waals surface area contributed by atoms with E-state index in [4.69, 9.17) is 0 Å². The fourth-order valence-electron chi connectivity index (χ4n) is 6.76. The predicted molar refractivity (Wildman–Crippen MR) is 252 cm³/mol. The van der Waals surface area contributed by atoms with Crippen molar-refractivity contribution in [3.8, 4) is 0 Å². The minimum Gasteiger partial charge on any atom is -1.00 e. The summed E-state index contributed by atoms with van der Waals surface area (Å²) in [6.07, 6.45) is 42.1. The fraction of sp³-hybridized carbons (Fsp3) is 1.00. The summed E-state index contributed by atoms with van der Waals surface area (Å²) < 4.78 is 0. The number of rotatable bonds is 36. The minimum absolute atomic E-state index is 0. The van der Waals surface area contributed by atoms with Crippen LogP contribution >= 0.6 is 35.3 Å². The van der Waals surface area contributed by atoms with Crippen LogP contribution in [-0.4, -0.2) is 31.5 Å². The third-order valence-electron chi connectivity index (χ3n) is 10.7. The molecule has 0 rings (SSSR count). The number of thioether (sulfide) groups is 3. The second-order valence-electron chi connectivity index (χ2n) is 15.6. The molecule has 1 radical (unpaired) electrons. The molecule has 0 aliphatic carbocycles. The van der Waals surface area contributed by atoms with Crippen LogP contribution < -0.4 is 49.6 Å². The number of hydrogen-bond donors (Lipinski definition) is 0. The topological polar surface area (TPSA) is 0 Å². The summed E-state index contributed by atoms with van der Waals surface area (Å²) in [5, 5.41) is 5.55. The predicted octanol–water partition coefficient (Wildman–Crippen LogP) is 7.33. The molecule has 0 spiro atoms. The average Bonchev–Trinajstić information content (AvgIpc) is 3.15. The van der Waals surface area contributed by atoms with Crippen molar-refractivity contribution < 1.29 is 69.7 Å². The second kappa shape index (κ2) is 64.5. The Morgan fingerprint density at radius 1 is 0.232 bits per heavy atom. The third kappa shape index (κ3) is 54.9. The van der Waals surface area contributed by atoms with Gasteiger partial charge in [0.05, 0.1) is 0 Å². The number of hydrogen-bond acceptors (Lipinski definition) is 3. The monoisotopic (exact) mass is 1110 g/mol. The zero-order chi connectivity index (χ0) is 38.8. The molecule has 0 aromatic rings. The van der Waals surface area contributed by atoms with Crippen LogP contribution in [0.2, 0.25) is 0 Å². The molecule has 0 saturated carbocycles.